The summed E-state index contributed by atoms with van der Waals surface area (Å²) < 4.78 is 1.47. The molecule has 4 rings (SSSR count). The number of H-pyrrole nitrogens is 1. The van der Waals surface area contributed by atoms with Crippen LogP contribution in [0.5, 0.6) is 0 Å². The van der Waals surface area contributed by atoms with Crippen LogP contribution in [-0.4, -0.2) is 19.6 Å². The topological polar surface area (TPSA) is 63.0 Å². The van der Waals surface area contributed by atoms with Gasteiger partial charge in [-0.1, -0.05) is 35.9 Å². The van der Waals surface area contributed by atoms with Crippen LogP contribution in [0.2, 0.25) is 5.02 Å². The highest BCUT2D eigenvalue weighted by Gasteiger charge is 2.13. The zero-order valence-electron chi connectivity index (χ0n) is 10.7. The van der Waals surface area contributed by atoms with Crippen molar-refractivity contribution in [1.82, 2.24) is 19.6 Å². The Labute approximate surface area is 123 Å². The second-order valence-electron chi connectivity index (χ2n) is 4.67. The van der Waals surface area contributed by atoms with Gasteiger partial charge in [-0.25, -0.2) is 9.20 Å². The van der Waals surface area contributed by atoms with Crippen molar-refractivity contribution in [2.45, 2.75) is 0 Å². The van der Waals surface area contributed by atoms with Crippen LogP contribution in [0.25, 0.3) is 27.9 Å². The van der Waals surface area contributed by atoms with Gasteiger partial charge in [-0.15, -0.1) is 10.2 Å². The molecule has 0 aliphatic heterocycles. The van der Waals surface area contributed by atoms with Crippen LogP contribution in [0.3, 0.4) is 0 Å². The van der Waals surface area contributed by atoms with Gasteiger partial charge in [0.15, 0.2) is 11.5 Å². The summed E-state index contributed by atoms with van der Waals surface area (Å²) in [6.07, 6.45) is 0. The smallest absolute Gasteiger partial charge is 0.306 e. The molecular weight excluding hydrogens is 288 g/mol. The Kier molecular flexibility index (Phi) is 2.55. The third-order valence-electron chi connectivity index (χ3n) is 3.36. The molecule has 0 bridgehead atoms. The van der Waals surface area contributed by atoms with E-state index in [9.17, 15) is 4.79 Å². The Bertz CT molecular complexity index is 1030. The normalized spacial score (nSPS) is 11.3. The SMILES string of the molecule is O=c1[nH]c2ccccc2c2nnc(-c3cccc(Cl)c3)n12. The van der Waals surface area contributed by atoms with Gasteiger partial charge in [0.05, 0.1) is 5.52 Å². The second-order valence-corrected chi connectivity index (χ2v) is 5.11. The molecule has 0 aliphatic carbocycles. The maximum absolute atomic E-state index is 12.3. The minimum Gasteiger partial charge on any atom is -0.306 e. The zero-order valence-corrected chi connectivity index (χ0v) is 11.5. The molecule has 0 aliphatic rings. The molecular formula is C15H9ClN4O. The number of aromatic nitrogens is 4. The summed E-state index contributed by atoms with van der Waals surface area (Å²) in [6.45, 7) is 0. The van der Waals surface area contributed by atoms with Crippen LogP contribution in [0, 0.1) is 0 Å². The molecule has 0 saturated carbocycles. The standard InChI is InChI=1S/C15H9ClN4O/c16-10-5-3-4-9(8-10)13-18-19-14-11-6-1-2-7-12(11)17-15(21)20(13)14/h1-8H,(H,17,21). The number of nitrogens with zero attached hydrogens (tertiary/aromatic N) is 3. The predicted molar refractivity (Wildman–Crippen MR) is 81.6 cm³/mol. The van der Waals surface area contributed by atoms with E-state index in [1.807, 2.05) is 36.4 Å². The lowest BCUT2D eigenvalue weighted by atomic mass is 10.2. The van der Waals surface area contributed by atoms with E-state index in [-0.39, 0.29) is 5.69 Å². The van der Waals surface area contributed by atoms with E-state index < -0.39 is 0 Å². The maximum Gasteiger partial charge on any atom is 0.333 e. The summed E-state index contributed by atoms with van der Waals surface area (Å²) >= 11 is 6.00. The lowest BCUT2D eigenvalue weighted by Gasteiger charge is -2.02. The molecule has 0 unspecified atom stereocenters. The molecule has 0 saturated heterocycles. The van der Waals surface area contributed by atoms with Crippen molar-refractivity contribution in [1.29, 1.82) is 0 Å². The van der Waals surface area contributed by atoms with E-state index in [1.165, 1.54) is 4.40 Å². The monoisotopic (exact) mass is 296 g/mol. The molecule has 0 radical (unpaired) electrons. The first-order valence-electron chi connectivity index (χ1n) is 6.36. The van der Waals surface area contributed by atoms with Crippen LogP contribution in [0.15, 0.2) is 53.3 Å². The number of fused-ring (bicyclic) bond motifs is 3. The fourth-order valence-electron chi connectivity index (χ4n) is 2.42. The second kappa shape index (κ2) is 4.43. The minimum atomic E-state index is -0.274. The van der Waals surface area contributed by atoms with E-state index in [4.69, 9.17) is 11.6 Å². The number of benzene rings is 2. The van der Waals surface area contributed by atoms with Crippen molar-refractivity contribution in [2.75, 3.05) is 0 Å². The van der Waals surface area contributed by atoms with E-state index in [1.54, 1.807) is 12.1 Å². The fraction of sp³-hybridized carbons (Fsp3) is 0. The van der Waals surface area contributed by atoms with Gasteiger partial charge >= 0.3 is 5.69 Å². The molecule has 1 N–H and O–H groups in total. The average Bonchev–Trinajstić information content (AvgIpc) is 2.93. The van der Waals surface area contributed by atoms with Crippen molar-refractivity contribution in [3.8, 4) is 11.4 Å². The summed E-state index contributed by atoms with van der Waals surface area (Å²) in [7, 11) is 0. The highest BCUT2D eigenvalue weighted by atomic mass is 35.5. The highest BCUT2D eigenvalue weighted by molar-refractivity contribution is 6.30. The largest absolute Gasteiger partial charge is 0.333 e. The number of nitrogens with one attached hydrogen (secondary N) is 1. The first-order chi connectivity index (χ1) is 10.2. The molecule has 0 atom stereocenters. The van der Waals surface area contributed by atoms with E-state index >= 15 is 0 Å². The van der Waals surface area contributed by atoms with Gasteiger partial charge in [-0.05, 0) is 24.3 Å². The van der Waals surface area contributed by atoms with Crippen molar-refractivity contribution in [3.05, 3.63) is 64.0 Å². The van der Waals surface area contributed by atoms with Crippen LogP contribution in [0.4, 0.5) is 0 Å². The van der Waals surface area contributed by atoms with Crippen molar-refractivity contribution >= 4 is 28.2 Å². The van der Waals surface area contributed by atoms with Gasteiger partial charge in [0.1, 0.15) is 0 Å². The maximum atomic E-state index is 12.3. The third kappa shape index (κ3) is 1.82. The third-order valence-corrected chi connectivity index (χ3v) is 3.59. The van der Waals surface area contributed by atoms with Crippen LogP contribution in [0.1, 0.15) is 0 Å². The first kappa shape index (κ1) is 12.1. The van der Waals surface area contributed by atoms with Gasteiger partial charge < -0.3 is 4.98 Å². The molecule has 0 spiro atoms. The van der Waals surface area contributed by atoms with Crippen molar-refractivity contribution < 1.29 is 0 Å². The average molecular weight is 297 g/mol. The Hall–Kier alpha value is -2.66. The van der Waals surface area contributed by atoms with E-state index in [0.29, 0.717) is 16.5 Å². The number of aromatic amines is 1. The summed E-state index contributed by atoms with van der Waals surface area (Å²) in [6, 6.07) is 14.7. The van der Waals surface area contributed by atoms with Crippen molar-refractivity contribution in [3.63, 3.8) is 0 Å². The predicted octanol–water partition coefficient (Wildman–Crippen LogP) is 2.89. The number of para-hydroxylation sites is 1. The van der Waals surface area contributed by atoms with Crippen molar-refractivity contribution in [2.24, 2.45) is 0 Å². The summed E-state index contributed by atoms with van der Waals surface area (Å²) in [4.78, 5) is 15.2. The van der Waals surface area contributed by atoms with Gasteiger partial charge in [0.2, 0.25) is 0 Å². The molecule has 2 heterocycles. The molecule has 4 aromatic rings. The number of halogens is 1. The molecule has 2 aromatic heterocycles. The Morgan fingerprint density at radius 1 is 1.05 bits per heavy atom. The Balaban J connectivity index is 2.13. The molecule has 2 aromatic carbocycles. The molecule has 102 valence electrons. The fourth-order valence-corrected chi connectivity index (χ4v) is 2.61. The van der Waals surface area contributed by atoms with Gasteiger partial charge in [0.25, 0.3) is 0 Å². The van der Waals surface area contributed by atoms with Gasteiger partial charge in [-0.2, -0.15) is 0 Å². The molecule has 0 amide bonds. The minimum absolute atomic E-state index is 0.274. The van der Waals surface area contributed by atoms with E-state index in [2.05, 4.69) is 15.2 Å². The highest BCUT2D eigenvalue weighted by Crippen LogP contribution is 2.23. The van der Waals surface area contributed by atoms with Gasteiger partial charge in [-0.3, -0.25) is 0 Å². The lowest BCUT2D eigenvalue weighted by molar-refractivity contribution is 1.03. The summed E-state index contributed by atoms with van der Waals surface area (Å²) in [5, 5.41) is 9.75. The summed E-state index contributed by atoms with van der Waals surface area (Å²) in [5.74, 6) is 0.472. The zero-order chi connectivity index (χ0) is 14.4. The number of hydrogen-bond donors (Lipinski definition) is 1. The van der Waals surface area contributed by atoms with Crippen LogP contribution in [-0.2, 0) is 0 Å². The van der Waals surface area contributed by atoms with Crippen LogP contribution < -0.4 is 5.69 Å². The first-order valence-corrected chi connectivity index (χ1v) is 6.74. The van der Waals surface area contributed by atoms with Gasteiger partial charge in [0, 0.05) is 16.0 Å². The molecule has 0 fully saturated rings. The van der Waals surface area contributed by atoms with E-state index in [0.717, 1.165) is 16.5 Å². The lowest BCUT2D eigenvalue weighted by Crippen LogP contribution is -2.17. The number of hydrogen-bond acceptors (Lipinski definition) is 3. The molecule has 6 heteroatoms. The summed E-state index contributed by atoms with van der Waals surface area (Å²) in [5.41, 5.74) is 1.74. The quantitative estimate of drug-likeness (QED) is 0.587. The Morgan fingerprint density at radius 2 is 1.90 bits per heavy atom. The molecule has 5 nitrogen and oxygen atoms in total. The molecule has 21 heavy (non-hydrogen) atoms. The van der Waals surface area contributed by atoms with Crippen LogP contribution >= 0.6 is 11.6 Å². The number of rotatable bonds is 1. The Morgan fingerprint density at radius 3 is 2.76 bits per heavy atom.